The topological polar surface area (TPSA) is 110 Å². The summed E-state index contributed by atoms with van der Waals surface area (Å²) in [7, 11) is 0. The molecule has 1 fully saturated rings. The quantitative estimate of drug-likeness (QED) is 0.300. The SMILES string of the molecule is CC1OC(=O)C(N(C(=O)OC(C)(C)C)C(=O)OC(C)(C)C)COCC(OCc2ccccc2)C1OCc1ccccc1. The fourth-order valence-electron chi connectivity index (χ4n) is 4.15. The first-order chi connectivity index (χ1) is 19.7. The highest BCUT2D eigenvalue weighted by molar-refractivity contribution is 5.94. The largest absolute Gasteiger partial charge is 0.458 e. The van der Waals surface area contributed by atoms with Crippen molar-refractivity contribution in [3.63, 3.8) is 0 Å². The average molecular weight is 586 g/mol. The lowest BCUT2D eigenvalue weighted by molar-refractivity contribution is -0.172. The Morgan fingerprint density at radius 1 is 0.786 bits per heavy atom. The van der Waals surface area contributed by atoms with Crippen molar-refractivity contribution in [2.45, 2.75) is 97.2 Å². The second kappa shape index (κ2) is 14.6. The lowest BCUT2D eigenvalue weighted by atomic mass is 10.1. The van der Waals surface area contributed by atoms with E-state index in [0.717, 1.165) is 11.1 Å². The lowest BCUT2D eigenvalue weighted by Gasteiger charge is -2.32. The van der Waals surface area contributed by atoms with E-state index in [1.54, 1.807) is 48.5 Å². The third-order valence-electron chi connectivity index (χ3n) is 6.05. The van der Waals surface area contributed by atoms with E-state index in [1.165, 1.54) is 0 Å². The second-order valence-electron chi connectivity index (χ2n) is 12.1. The van der Waals surface area contributed by atoms with Crippen molar-refractivity contribution in [2.24, 2.45) is 0 Å². The van der Waals surface area contributed by atoms with Crippen LogP contribution in [0, 0.1) is 0 Å². The van der Waals surface area contributed by atoms with E-state index in [9.17, 15) is 14.4 Å². The minimum Gasteiger partial charge on any atom is -0.458 e. The second-order valence-corrected chi connectivity index (χ2v) is 12.1. The van der Waals surface area contributed by atoms with Gasteiger partial charge in [0.1, 0.15) is 29.5 Å². The van der Waals surface area contributed by atoms with Gasteiger partial charge in [0.15, 0.2) is 6.04 Å². The molecule has 0 saturated carbocycles. The summed E-state index contributed by atoms with van der Waals surface area (Å²) in [6.07, 6.45) is -4.31. The van der Waals surface area contributed by atoms with Crippen LogP contribution in [0.2, 0.25) is 0 Å². The summed E-state index contributed by atoms with van der Waals surface area (Å²) >= 11 is 0. The van der Waals surface area contributed by atoms with Crippen LogP contribution in [-0.2, 0) is 46.4 Å². The van der Waals surface area contributed by atoms with Gasteiger partial charge in [-0.2, -0.15) is 4.90 Å². The Labute approximate surface area is 248 Å². The predicted molar refractivity (Wildman–Crippen MR) is 155 cm³/mol. The summed E-state index contributed by atoms with van der Waals surface area (Å²) in [6, 6.07) is 17.7. The van der Waals surface area contributed by atoms with E-state index >= 15 is 0 Å². The van der Waals surface area contributed by atoms with Crippen molar-refractivity contribution in [3.8, 4) is 0 Å². The Hall–Kier alpha value is -3.47. The Bertz CT molecular complexity index is 1130. The van der Waals surface area contributed by atoms with Crippen LogP contribution in [0.1, 0.15) is 59.6 Å². The smallest absolute Gasteiger partial charge is 0.420 e. The minimum atomic E-state index is -1.47. The van der Waals surface area contributed by atoms with Gasteiger partial charge in [0.25, 0.3) is 0 Å². The highest BCUT2D eigenvalue weighted by Gasteiger charge is 2.44. The standard InChI is InChI=1S/C32H43NO9/c1-22-27(39-19-24-16-12-9-13-17-24)26(38-18-23-14-10-8-11-15-23)21-37-20-25(28(34)40-22)33(29(35)41-31(2,3)4)30(36)42-32(5,6)7/h8-17,22,25-27H,18-21H2,1-7H3. The molecule has 230 valence electrons. The Kier molecular flexibility index (Phi) is 11.5. The van der Waals surface area contributed by atoms with E-state index < -0.39 is 53.7 Å². The van der Waals surface area contributed by atoms with Crippen LogP contribution in [0.25, 0.3) is 0 Å². The molecule has 0 N–H and O–H groups in total. The van der Waals surface area contributed by atoms with Gasteiger partial charge in [-0.05, 0) is 59.6 Å². The van der Waals surface area contributed by atoms with Crippen molar-refractivity contribution in [2.75, 3.05) is 13.2 Å². The first kappa shape index (κ1) is 33.0. The molecule has 0 spiro atoms. The van der Waals surface area contributed by atoms with Crippen molar-refractivity contribution in [1.82, 2.24) is 4.90 Å². The fourth-order valence-corrected chi connectivity index (χ4v) is 4.15. The van der Waals surface area contributed by atoms with Gasteiger partial charge in [0.2, 0.25) is 0 Å². The predicted octanol–water partition coefficient (Wildman–Crippen LogP) is 5.66. The molecule has 0 aromatic heterocycles. The molecule has 0 bridgehead atoms. The summed E-state index contributed by atoms with van der Waals surface area (Å²) in [5.41, 5.74) is -0.0123. The number of hydrogen-bond donors (Lipinski definition) is 0. The van der Waals surface area contributed by atoms with Crippen LogP contribution in [0.5, 0.6) is 0 Å². The summed E-state index contributed by atoms with van der Waals surface area (Å²) in [6.45, 7) is 11.8. The number of nitrogens with zero attached hydrogens (tertiary/aromatic N) is 1. The van der Waals surface area contributed by atoms with Crippen LogP contribution >= 0.6 is 0 Å². The van der Waals surface area contributed by atoms with Gasteiger partial charge in [-0.3, -0.25) is 0 Å². The number of imide groups is 1. The van der Waals surface area contributed by atoms with Crippen LogP contribution in [0.3, 0.4) is 0 Å². The van der Waals surface area contributed by atoms with Gasteiger partial charge in [-0.25, -0.2) is 14.4 Å². The zero-order valence-corrected chi connectivity index (χ0v) is 25.5. The average Bonchev–Trinajstić information content (AvgIpc) is 2.94. The normalized spacial score (nSPS) is 21.7. The number of hydrogen-bond acceptors (Lipinski definition) is 9. The molecule has 1 heterocycles. The molecular weight excluding hydrogens is 542 g/mol. The van der Waals surface area contributed by atoms with E-state index in [0.29, 0.717) is 4.90 Å². The van der Waals surface area contributed by atoms with Crippen LogP contribution in [-0.4, -0.2) is 71.8 Å². The van der Waals surface area contributed by atoms with Crippen molar-refractivity contribution < 1.29 is 42.8 Å². The van der Waals surface area contributed by atoms with E-state index in [4.69, 9.17) is 28.4 Å². The maximum Gasteiger partial charge on any atom is 0.420 e. The van der Waals surface area contributed by atoms with Crippen molar-refractivity contribution in [1.29, 1.82) is 0 Å². The van der Waals surface area contributed by atoms with Crippen LogP contribution in [0.4, 0.5) is 9.59 Å². The van der Waals surface area contributed by atoms with Gasteiger partial charge >= 0.3 is 18.2 Å². The Morgan fingerprint density at radius 2 is 1.26 bits per heavy atom. The number of amides is 2. The molecule has 10 heteroatoms. The molecule has 1 aliphatic heterocycles. The summed E-state index contributed by atoms with van der Waals surface area (Å²) in [5, 5.41) is 0. The number of carbonyl (C=O) groups is 3. The zero-order chi connectivity index (χ0) is 30.9. The summed E-state index contributed by atoms with van der Waals surface area (Å²) in [4.78, 5) is 40.7. The Balaban J connectivity index is 1.89. The van der Waals surface area contributed by atoms with Crippen molar-refractivity contribution in [3.05, 3.63) is 71.8 Å². The number of benzene rings is 2. The molecule has 2 amide bonds. The molecule has 10 nitrogen and oxygen atoms in total. The molecule has 0 aliphatic carbocycles. The van der Waals surface area contributed by atoms with E-state index in [-0.39, 0.29) is 26.4 Å². The molecule has 2 aromatic rings. The van der Waals surface area contributed by atoms with Gasteiger partial charge in [0, 0.05) is 0 Å². The van der Waals surface area contributed by atoms with Crippen LogP contribution < -0.4 is 0 Å². The molecule has 3 rings (SSSR count). The fraction of sp³-hybridized carbons (Fsp3) is 0.531. The molecule has 1 saturated heterocycles. The number of rotatable bonds is 7. The lowest BCUT2D eigenvalue weighted by Crippen LogP contribution is -2.54. The monoisotopic (exact) mass is 585 g/mol. The highest BCUT2D eigenvalue weighted by atomic mass is 16.6. The molecule has 4 unspecified atom stereocenters. The molecule has 2 aromatic carbocycles. The number of esters is 1. The third kappa shape index (κ3) is 10.4. The molecular formula is C32H43NO9. The van der Waals surface area contributed by atoms with E-state index in [1.807, 2.05) is 60.7 Å². The minimum absolute atomic E-state index is 0.000245. The summed E-state index contributed by atoms with van der Waals surface area (Å²) in [5.74, 6) is -0.865. The van der Waals surface area contributed by atoms with Crippen LogP contribution in [0.15, 0.2) is 60.7 Å². The van der Waals surface area contributed by atoms with Gasteiger partial charge in [-0.1, -0.05) is 60.7 Å². The van der Waals surface area contributed by atoms with Gasteiger partial charge < -0.3 is 28.4 Å². The van der Waals surface area contributed by atoms with Crippen molar-refractivity contribution >= 4 is 18.2 Å². The zero-order valence-electron chi connectivity index (χ0n) is 25.5. The number of ether oxygens (including phenoxy) is 6. The highest BCUT2D eigenvalue weighted by Crippen LogP contribution is 2.23. The number of carbonyl (C=O) groups excluding carboxylic acids is 3. The summed E-state index contributed by atoms with van der Waals surface area (Å²) < 4.78 is 35.2. The van der Waals surface area contributed by atoms with Gasteiger partial charge in [0.05, 0.1) is 26.4 Å². The maximum atomic E-state index is 13.6. The molecule has 1 aliphatic rings. The maximum absolute atomic E-state index is 13.6. The van der Waals surface area contributed by atoms with Gasteiger partial charge in [-0.15, -0.1) is 0 Å². The molecule has 4 atom stereocenters. The molecule has 0 radical (unpaired) electrons. The Morgan fingerprint density at radius 3 is 1.74 bits per heavy atom. The first-order valence-electron chi connectivity index (χ1n) is 14.1. The molecule has 42 heavy (non-hydrogen) atoms. The number of cyclic esters (lactones) is 1. The first-order valence-corrected chi connectivity index (χ1v) is 14.1. The van der Waals surface area contributed by atoms with E-state index in [2.05, 4.69) is 0 Å². The third-order valence-corrected chi connectivity index (χ3v) is 6.05.